The largest absolute Gasteiger partial charge is 0.339 e. The number of nitrogens with one attached hydrogen (secondary N) is 1. The Morgan fingerprint density at radius 1 is 1.46 bits per heavy atom. The third-order valence-electron chi connectivity index (χ3n) is 2.40. The topological polar surface area (TPSA) is 33.1 Å². The summed E-state index contributed by atoms with van der Waals surface area (Å²) in [5.41, 5.74) is 4.16. The van der Waals surface area contributed by atoms with Crippen LogP contribution in [0.3, 0.4) is 0 Å². The van der Waals surface area contributed by atoms with Crippen LogP contribution in [0, 0.1) is 6.92 Å². The van der Waals surface area contributed by atoms with Crippen molar-refractivity contribution in [3.63, 3.8) is 0 Å². The first-order valence-electron chi connectivity index (χ1n) is 4.22. The summed E-state index contributed by atoms with van der Waals surface area (Å²) in [6.07, 6.45) is 0. The fraction of sp³-hybridized carbons (Fsp3) is 0.100. The second-order valence-electron chi connectivity index (χ2n) is 3.25. The first-order chi connectivity index (χ1) is 6.27. The molecule has 3 nitrogen and oxygen atoms in total. The van der Waals surface area contributed by atoms with Crippen LogP contribution in [0.15, 0.2) is 18.2 Å². The van der Waals surface area contributed by atoms with E-state index in [2.05, 4.69) is 20.9 Å². The molecule has 0 saturated carbocycles. The van der Waals surface area contributed by atoms with Crippen LogP contribution in [0.2, 0.25) is 0 Å². The van der Waals surface area contributed by atoms with Crippen LogP contribution in [0.4, 0.5) is 0 Å². The molecule has 13 heavy (non-hydrogen) atoms. The Kier molecular flexibility index (Phi) is 0.999. The summed E-state index contributed by atoms with van der Waals surface area (Å²) >= 11 is 0. The van der Waals surface area contributed by atoms with Crippen molar-refractivity contribution in [2.24, 2.45) is 0 Å². The van der Waals surface area contributed by atoms with Gasteiger partial charge in [0.25, 0.3) is 0 Å². The lowest BCUT2D eigenvalue weighted by molar-refractivity contribution is 1.27. The summed E-state index contributed by atoms with van der Waals surface area (Å²) in [4.78, 5) is 7.64. The van der Waals surface area contributed by atoms with Gasteiger partial charge in [0, 0.05) is 0 Å². The van der Waals surface area contributed by atoms with E-state index in [4.69, 9.17) is 0 Å². The van der Waals surface area contributed by atoms with Crippen molar-refractivity contribution in [3.05, 3.63) is 29.2 Å². The van der Waals surface area contributed by atoms with Crippen molar-refractivity contribution >= 4 is 23.4 Å². The quantitative estimate of drug-likeness (QED) is 0.542. The number of pyridine rings is 1. The van der Waals surface area contributed by atoms with Gasteiger partial charge in [0.2, 0.25) is 0 Å². The lowest BCUT2D eigenvalue weighted by atomic mass is 10.4. The van der Waals surface area contributed by atoms with Gasteiger partial charge in [-0.3, -0.25) is 4.40 Å². The average molecular weight is 171 g/mol. The summed E-state index contributed by atoms with van der Waals surface area (Å²) in [6.45, 7) is 5.95. The summed E-state index contributed by atoms with van der Waals surface area (Å²) < 4.78 is 2.09. The second-order valence-corrected chi connectivity index (χ2v) is 3.25. The zero-order chi connectivity index (χ0) is 9.00. The molecule has 1 N–H and O–H groups in total. The molecule has 3 heteroatoms. The Morgan fingerprint density at radius 2 is 2.31 bits per heavy atom. The number of nitrogens with zero attached hydrogens (tertiary/aromatic N) is 2. The average Bonchev–Trinajstić information content (AvgIpc) is 2.59. The Balaban J connectivity index is 2.83. The number of imidazole rings is 2. The molecule has 0 unspecified atom stereocenters. The minimum Gasteiger partial charge on any atom is -0.339 e. The highest BCUT2D eigenvalue weighted by molar-refractivity contribution is 5.69. The van der Waals surface area contributed by atoms with Crippen LogP contribution in [-0.4, -0.2) is 14.4 Å². The van der Waals surface area contributed by atoms with Gasteiger partial charge in [-0.1, -0.05) is 12.6 Å². The van der Waals surface area contributed by atoms with Gasteiger partial charge in [-0.2, -0.15) is 0 Å². The fourth-order valence-corrected chi connectivity index (χ4v) is 1.80. The maximum Gasteiger partial charge on any atom is 0.139 e. The number of aryl methyl sites for hydroxylation is 1. The monoisotopic (exact) mass is 171 g/mol. The lowest BCUT2D eigenvalue weighted by Gasteiger charge is -1.90. The van der Waals surface area contributed by atoms with Crippen molar-refractivity contribution in [1.82, 2.24) is 14.4 Å². The van der Waals surface area contributed by atoms with Gasteiger partial charge in [0.15, 0.2) is 0 Å². The molecule has 0 atom stereocenters. The molecule has 0 aliphatic rings. The maximum atomic E-state index is 4.42. The van der Waals surface area contributed by atoms with Crippen LogP contribution in [0.5, 0.6) is 0 Å². The SMILES string of the molecule is C=c1[nH]c2c(C)nc3cccc1n32. The van der Waals surface area contributed by atoms with E-state index in [0.29, 0.717) is 0 Å². The molecule has 0 aliphatic heterocycles. The molecule has 3 aromatic heterocycles. The standard InChI is InChI=1S/C10H9N3/c1-6-8-4-3-5-9-11-7(2)10(12-6)13(8)9/h3-5,12H,1H2,2H3. The predicted molar refractivity (Wildman–Crippen MR) is 52.5 cm³/mol. The van der Waals surface area contributed by atoms with E-state index in [-0.39, 0.29) is 0 Å². The Labute approximate surface area is 74.7 Å². The number of aromatic amines is 1. The highest BCUT2D eigenvalue weighted by Gasteiger charge is 2.08. The van der Waals surface area contributed by atoms with Crippen molar-refractivity contribution in [3.8, 4) is 0 Å². The van der Waals surface area contributed by atoms with E-state index >= 15 is 0 Å². The number of rotatable bonds is 0. The minimum atomic E-state index is 0.950. The third-order valence-corrected chi connectivity index (χ3v) is 2.40. The zero-order valence-corrected chi connectivity index (χ0v) is 7.33. The first kappa shape index (κ1) is 6.71. The van der Waals surface area contributed by atoms with E-state index in [0.717, 1.165) is 27.9 Å². The van der Waals surface area contributed by atoms with Crippen LogP contribution >= 0.6 is 0 Å². The van der Waals surface area contributed by atoms with Crippen molar-refractivity contribution in [1.29, 1.82) is 0 Å². The molecule has 64 valence electrons. The van der Waals surface area contributed by atoms with E-state index < -0.39 is 0 Å². The van der Waals surface area contributed by atoms with Crippen LogP contribution in [0.25, 0.3) is 23.4 Å². The molecule has 0 fully saturated rings. The smallest absolute Gasteiger partial charge is 0.139 e. The lowest BCUT2D eigenvalue weighted by Crippen LogP contribution is -1.98. The molecule has 0 bridgehead atoms. The summed E-state index contributed by atoms with van der Waals surface area (Å²) in [5, 5.41) is 0.950. The Hall–Kier alpha value is -1.77. The fourth-order valence-electron chi connectivity index (χ4n) is 1.80. The van der Waals surface area contributed by atoms with Gasteiger partial charge in [0.1, 0.15) is 11.3 Å². The van der Waals surface area contributed by atoms with Crippen LogP contribution in [0.1, 0.15) is 5.69 Å². The normalized spacial score (nSPS) is 11.8. The maximum absolute atomic E-state index is 4.42. The van der Waals surface area contributed by atoms with E-state index in [9.17, 15) is 0 Å². The van der Waals surface area contributed by atoms with Gasteiger partial charge >= 0.3 is 0 Å². The van der Waals surface area contributed by atoms with Crippen molar-refractivity contribution in [2.75, 3.05) is 0 Å². The van der Waals surface area contributed by atoms with Gasteiger partial charge in [0.05, 0.1) is 16.6 Å². The highest BCUT2D eigenvalue weighted by atomic mass is 15.1. The number of aromatic nitrogens is 3. The number of hydrogen-bond acceptors (Lipinski definition) is 1. The molecule has 0 aromatic carbocycles. The first-order valence-corrected chi connectivity index (χ1v) is 4.22. The van der Waals surface area contributed by atoms with Gasteiger partial charge in [-0.25, -0.2) is 4.98 Å². The van der Waals surface area contributed by atoms with E-state index in [1.807, 2.05) is 25.1 Å². The molecular weight excluding hydrogens is 162 g/mol. The summed E-state index contributed by atoms with van der Waals surface area (Å²) in [6, 6.07) is 6.04. The second kappa shape index (κ2) is 1.93. The Bertz CT molecular complexity index is 630. The molecule has 0 saturated heterocycles. The number of hydrogen-bond donors (Lipinski definition) is 1. The van der Waals surface area contributed by atoms with Crippen LogP contribution < -0.4 is 5.35 Å². The summed E-state index contributed by atoms with van der Waals surface area (Å²) in [5.74, 6) is 0. The van der Waals surface area contributed by atoms with Gasteiger partial charge < -0.3 is 4.98 Å². The molecule has 0 aliphatic carbocycles. The Morgan fingerprint density at radius 3 is 3.15 bits per heavy atom. The van der Waals surface area contributed by atoms with Gasteiger partial charge in [-0.15, -0.1) is 0 Å². The highest BCUT2D eigenvalue weighted by Crippen LogP contribution is 2.14. The van der Waals surface area contributed by atoms with E-state index in [1.54, 1.807) is 0 Å². The molecule has 3 rings (SSSR count). The third kappa shape index (κ3) is 0.667. The number of H-pyrrole nitrogens is 1. The molecule has 3 heterocycles. The molecule has 0 amide bonds. The molecule has 0 spiro atoms. The van der Waals surface area contributed by atoms with Crippen molar-refractivity contribution in [2.45, 2.75) is 6.92 Å². The van der Waals surface area contributed by atoms with E-state index in [1.165, 1.54) is 0 Å². The molecule has 3 aromatic rings. The van der Waals surface area contributed by atoms with Gasteiger partial charge in [-0.05, 0) is 19.1 Å². The molecular formula is C10H9N3. The van der Waals surface area contributed by atoms with Crippen molar-refractivity contribution < 1.29 is 0 Å². The zero-order valence-electron chi connectivity index (χ0n) is 7.33. The predicted octanol–water partition coefficient (Wildman–Crippen LogP) is 1.25. The summed E-state index contributed by atoms with van der Waals surface area (Å²) in [7, 11) is 0. The minimum absolute atomic E-state index is 0.950. The van der Waals surface area contributed by atoms with Crippen LogP contribution in [-0.2, 0) is 0 Å². The molecule has 0 radical (unpaired) electrons.